The van der Waals surface area contributed by atoms with Crippen LogP contribution in [0.25, 0.3) is 11.4 Å². The van der Waals surface area contributed by atoms with E-state index in [4.69, 9.17) is 14.2 Å². The summed E-state index contributed by atoms with van der Waals surface area (Å²) in [6.07, 6.45) is 3.13. The molecule has 2 aromatic carbocycles. The van der Waals surface area contributed by atoms with Crippen LogP contribution in [0, 0.1) is 5.82 Å². The van der Waals surface area contributed by atoms with E-state index < -0.39 is 17.8 Å². The minimum atomic E-state index is -1.01. The lowest BCUT2D eigenvalue weighted by atomic mass is 10.0. The number of amides is 2. The molecule has 1 N–H and O–H groups in total. The van der Waals surface area contributed by atoms with Crippen LogP contribution >= 0.6 is 0 Å². The highest BCUT2D eigenvalue weighted by molar-refractivity contribution is 5.88. The zero-order chi connectivity index (χ0) is 27.9. The summed E-state index contributed by atoms with van der Waals surface area (Å²) in [6.45, 7) is 1.53. The van der Waals surface area contributed by atoms with Crippen LogP contribution in [0.1, 0.15) is 37.3 Å². The van der Waals surface area contributed by atoms with Crippen LogP contribution in [0.5, 0.6) is 5.75 Å². The second kappa shape index (κ2) is 13.0. The van der Waals surface area contributed by atoms with Crippen molar-refractivity contribution in [3.8, 4) is 17.1 Å². The number of halogens is 1. The van der Waals surface area contributed by atoms with Crippen LogP contribution in [0.15, 0.2) is 48.5 Å². The molecule has 0 radical (unpaired) electrons. The number of nitrogens with one attached hydrogen (secondary N) is 1. The standard InChI is InChI=1S/C28H33FN6O5/c1-38-22-12-8-20(9-13-22)27-31-33-35(32-27)18-25(36)34(17-24-5-3-15-40-24)26(19-6-10-21(29)11-7-19)28(37)30-16-23-4-2-14-39-23/h6-13,23-24,26H,2-5,14-18H2,1H3,(H,30,37)/t23-,24+,26+/m0/s1. The van der Waals surface area contributed by atoms with Gasteiger partial charge in [0.2, 0.25) is 17.6 Å². The maximum absolute atomic E-state index is 13.8. The van der Waals surface area contributed by atoms with Crippen LogP contribution in [0.2, 0.25) is 0 Å². The van der Waals surface area contributed by atoms with Crippen molar-refractivity contribution < 1.29 is 28.2 Å². The smallest absolute Gasteiger partial charge is 0.247 e. The number of ether oxygens (including phenoxy) is 3. The molecule has 2 aliphatic heterocycles. The van der Waals surface area contributed by atoms with Gasteiger partial charge >= 0.3 is 0 Å². The second-order valence-electron chi connectivity index (χ2n) is 9.89. The van der Waals surface area contributed by atoms with E-state index in [-0.39, 0.29) is 31.2 Å². The van der Waals surface area contributed by atoms with Crippen LogP contribution < -0.4 is 10.1 Å². The Morgan fingerprint density at radius 2 is 1.77 bits per heavy atom. The third kappa shape index (κ3) is 6.80. The van der Waals surface area contributed by atoms with E-state index in [9.17, 15) is 14.0 Å². The number of tetrazole rings is 1. The second-order valence-corrected chi connectivity index (χ2v) is 9.89. The molecule has 0 saturated carbocycles. The van der Waals surface area contributed by atoms with Crippen molar-refractivity contribution in [1.82, 2.24) is 30.4 Å². The van der Waals surface area contributed by atoms with Crippen molar-refractivity contribution in [3.05, 3.63) is 59.9 Å². The topological polar surface area (TPSA) is 121 Å². The van der Waals surface area contributed by atoms with Gasteiger partial charge in [0.25, 0.3) is 0 Å². The van der Waals surface area contributed by atoms with Crippen molar-refractivity contribution >= 4 is 11.8 Å². The summed E-state index contributed by atoms with van der Waals surface area (Å²) in [5.41, 5.74) is 1.21. The van der Waals surface area contributed by atoms with Gasteiger partial charge in [-0.05, 0) is 72.9 Å². The van der Waals surface area contributed by atoms with Crippen molar-refractivity contribution in [2.75, 3.05) is 33.4 Å². The first kappa shape index (κ1) is 27.7. The lowest BCUT2D eigenvalue weighted by molar-refractivity contribution is -0.143. The molecule has 12 heteroatoms. The first-order chi connectivity index (χ1) is 19.5. The van der Waals surface area contributed by atoms with E-state index in [1.165, 1.54) is 34.0 Å². The molecule has 2 saturated heterocycles. The number of rotatable bonds is 11. The summed E-state index contributed by atoms with van der Waals surface area (Å²) in [6, 6.07) is 11.8. The molecule has 3 heterocycles. The van der Waals surface area contributed by atoms with Gasteiger partial charge in [-0.1, -0.05) is 12.1 Å². The number of carbonyl (C=O) groups is 2. The normalized spacial score (nSPS) is 19.4. The van der Waals surface area contributed by atoms with Crippen LogP contribution in [0.4, 0.5) is 4.39 Å². The molecule has 212 valence electrons. The quantitative estimate of drug-likeness (QED) is 0.385. The van der Waals surface area contributed by atoms with Crippen molar-refractivity contribution in [1.29, 1.82) is 0 Å². The number of aromatic nitrogens is 4. The Kier molecular flexibility index (Phi) is 8.97. The SMILES string of the molecule is COc1ccc(-c2nnn(CC(=O)N(C[C@H]3CCCO3)[C@@H](C(=O)NC[C@@H]3CCCO3)c3ccc(F)cc3)n2)cc1. The number of hydrogen-bond acceptors (Lipinski definition) is 8. The summed E-state index contributed by atoms with van der Waals surface area (Å²) in [5.74, 6) is -0.155. The molecule has 2 aliphatic rings. The summed E-state index contributed by atoms with van der Waals surface area (Å²) in [4.78, 5) is 30.1. The predicted octanol–water partition coefficient (Wildman–Crippen LogP) is 2.53. The number of benzene rings is 2. The molecule has 3 atom stereocenters. The summed E-state index contributed by atoms with van der Waals surface area (Å²) in [5, 5.41) is 15.5. The van der Waals surface area contributed by atoms with Gasteiger partial charge in [-0.2, -0.15) is 4.80 Å². The molecule has 40 heavy (non-hydrogen) atoms. The van der Waals surface area contributed by atoms with Crippen molar-refractivity contribution in [3.63, 3.8) is 0 Å². The zero-order valence-electron chi connectivity index (χ0n) is 22.4. The van der Waals surface area contributed by atoms with E-state index in [1.807, 2.05) is 0 Å². The van der Waals surface area contributed by atoms with Gasteiger partial charge in [0.1, 0.15) is 24.2 Å². The third-order valence-corrected chi connectivity index (χ3v) is 7.10. The lowest BCUT2D eigenvalue weighted by Crippen LogP contribution is -2.48. The van der Waals surface area contributed by atoms with Crippen LogP contribution in [-0.4, -0.2) is 82.5 Å². The average Bonchev–Trinajstić information content (AvgIpc) is 3.76. The van der Waals surface area contributed by atoms with Gasteiger partial charge in [-0.3, -0.25) is 9.59 Å². The monoisotopic (exact) mass is 552 g/mol. The highest BCUT2D eigenvalue weighted by Crippen LogP contribution is 2.26. The van der Waals surface area contributed by atoms with Gasteiger partial charge in [-0.25, -0.2) is 4.39 Å². The van der Waals surface area contributed by atoms with Gasteiger partial charge < -0.3 is 24.4 Å². The molecule has 2 fully saturated rings. The fourth-order valence-corrected chi connectivity index (χ4v) is 4.97. The van der Waals surface area contributed by atoms with Gasteiger partial charge in [0.05, 0.1) is 19.3 Å². The molecule has 0 bridgehead atoms. The Morgan fingerprint density at radius 3 is 2.42 bits per heavy atom. The maximum atomic E-state index is 13.8. The largest absolute Gasteiger partial charge is 0.497 e. The molecule has 5 rings (SSSR count). The molecule has 1 aromatic heterocycles. The number of carbonyl (C=O) groups excluding carboxylic acids is 2. The first-order valence-electron chi connectivity index (χ1n) is 13.5. The van der Waals surface area contributed by atoms with Gasteiger partial charge in [0, 0.05) is 31.9 Å². The molecule has 0 unspecified atom stereocenters. The van der Waals surface area contributed by atoms with E-state index in [0.717, 1.165) is 25.7 Å². The molecule has 2 amide bonds. The van der Waals surface area contributed by atoms with Crippen molar-refractivity contribution in [2.45, 2.75) is 50.5 Å². The summed E-state index contributed by atoms with van der Waals surface area (Å²) >= 11 is 0. The Balaban J connectivity index is 1.39. The van der Waals surface area contributed by atoms with E-state index in [1.54, 1.807) is 31.4 Å². The number of nitrogens with zero attached hydrogens (tertiary/aromatic N) is 5. The van der Waals surface area contributed by atoms with E-state index in [0.29, 0.717) is 42.5 Å². The van der Waals surface area contributed by atoms with Crippen LogP contribution in [-0.2, 0) is 25.6 Å². The summed E-state index contributed by atoms with van der Waals surface area (Å²) in [7, 11) is 1.58. The minimum Gasteiger partial charge on any atom is -0.497 e. The third-order valence-electron chi connectivity index (χ3n) is 7.10. The van der Waals surface area contributed by atoms with Crippen LogP contribution in [0.3, 0.4) is 0 Å². The fourth-order valence-electron chi connectivity index (χ4n) is 4.97. The molecule has 0 spiro atoms. The Bertz CT molecular complexity index is 1270. The Hall–Kier alpha value is -3.90. The Labute approximate surface area is 231 Å². The highest BCUT2D eigenvalue weighted by atomic mass is 19.1. The number of methoxy groups -OCH3 is 1. The van der Waals surface area contributed by atoms with Gasteiger partial charge in [0.15, 0.2) is 0 Å². The highest BCUT2D eigenvalue weighted by Gasteiger charge is 2.35. The minimum absolute atomic E-state index is 0.0733. The lowest BCUT2D eigenvalue weighted by Gasteiger charge is -2.33. The zero-order valence-corrected chi connectivity index (χ0v) is 22.4. The first-order valence-corrected chi connectivity index (χ1v) is 13.5. The molecular weight excluding hydrogens is 519 g/mol. The molecule has 11 nitrogen and oxygen atoms in total. The van der Waals surface area contributed by atoms with Crippen molar-refractivity contribution in [2.24, 2.45) is 0 Å². The summed E-state index contributed by atoms with van der Waals surface area (Å²) < 4.78 is 30.5. The average molecular weight is 553 g/mol. The fraction of sp³-hybridized carbons (Fsp3) is 0.464. The maximum Gasteiger partial charge on any atom is 0.247 e. The van der Waals surface area contributed by atoms with Gasteiger partial charge in [-0.15, -0.1) is 10.2 Å². The van der Waals surface area contributed by atoms with E-state index >= 15 is 0 Å². The molecule has 0 aliphatic carbocycles. The molecular formula is C28H33FN6O5. The molecule has 3 aromatic rings. The van der Waals surface area contributed by atoms with E-state index in [2.05, 4.69) is 20.7 Å². The number of hydrogen-bond donors (Lipinski definition) is 1. The Morgan fingerprint density at radius 1 is 1.07 bits per heavy atom. The predicted molar refractivity (Wildman–Crippen MR) is 142 cm³/mol.